The second kappa shape index (κ2) is 7.70. The Bertz CT molecular complexity index is 910. The smallest absolute Gasteiger partial charge is 0.242 e. The van der Waals surface area contributed by atoms with Gasteiger partial charge in [-0.25, -0.2) is 8.42 Å². The molecule has 0 saturated carbocycles. The van der Waals surface area contributed by atoms with Crippen molar-refractivity contribution in [1.82, 2.24) is 0 Å². The van der Waals surface area contributed by atoms with E-state index in [1.54, 1.807) is 30.3 Å². The summed E-state index contributed by atoms with van der Waals surface area (Å²) in [5.41, 5.74) is 2.31. The zero-order chi connectivity index (χ0) is 18.6. The lowest BCUT2D eigenvalue weighted by molar-refractivity contribution is -0.116. The van der Waals surface area contributed by atoms with Crippen molar-refractivity contribution in [3.8, 4) is 0 Å². The summed E-state index contributed by atoms with van der Waals surface area (Å²) >= 11 is 0. The van der Waals surface area contributed by atoms with Gasteiger partial charge in [-0.3, -0.25) is 9.59 Å². The molecule has 0 aliphatic carbocycles. The number of nitrogens with zero attached hydrogens (tertiary/aromatic N) is 1. The molecule has 1 N–H and O–H groups in total. The van der Waals surface area contributed by atoms with Gasteiger partial charge in [0.2, 0.25) is 11.8 Å². The van der Waals surface area contributed by atoms with Crippen LogP contribution in [0.25, 0.3) is 0 Å². The third kappa shape index (κ3) is 4.49. The number of para-hydroxylation sites is 2. The number of aryl methyl sites for hydroxylation is 1. The summed E-state index contributed by atoms with van der Waals surface area (Å²) < 4.78 is 24.6. The first-order chi connectivity index (χ1) is 12.4. The van der Waals surface area contributed by atoms with Crippen molar-refractivity contribution in [2.75, 3.05) is 28.3 Å². The van der Waals surface area contributed by atoms with Crippen LogP contribution in [0.3, 0.4) is 0 Å². The predicted octanol–water partition coefficient (Wildman–Crippen LogP) is 2.02. The second-order valence-corrected chi connectivity index (χ2v) is 8.29. The molecule has 3 rings (SSSR count). The van der Waals surface area contributed by atoms with E-state index in [4.69, 9.17) is 0 Å². The number of carbonyl (C=O) groups excluding carboxylic acids is 2. The average Bonchev–Trinajstić information content (AvgIpc) is 2.61. The van der Waals surface area contributed by atoms with Crippen LogP contribution in [0.15, 0.2) is 54.6 Å². The summed E-state index contributed by atoms with van der Waals surface area (Å²) in [6.07, 6.45) is 1.66. The van der Waals surface area contributed by atoms with E-state index in [0.29, 0.717) is 12.2 Å². The minimum Gasteiger partial charge on any atom is -0.325 e. The largest absolute Gasteiger partial charge is 0.325 e. The second-order valence-electron chi connectivity index (χ2n) is 6.22. The number of hydrogen-bond donors (Lipinski definition) is 1. The molecule has 0 bridgehead atoms. The maximum absolute atomic E-state index is 12.5. The number of sulfone groups is 1. The molecule has 1 aliphatic heterocycles. The lowest BCUT2D eigenvalue weighted by Crippen LogP contribution is -2.40. The van der Waals surface area contributed by atoms with Gasteiger partial charge in [0.25, 0.3) is 0 Å². The summed E-state index contributed by atoms with van der Waals surface area (Å²) in [5.74, 6) is -2.54. The Morgan fingerprint density at radius 1 is 0.962 bits per heavy atom. The highest BCUT2D eigenvalue weighted by molar-refractivity contribution is 7.92. The molecule has 2 aromatic carbocycles. The number of carbonyl (C=O) groups is 2. The molecule has 1 heterocycles. The third-order valence-corrected chi connectivity index (χ3v) is 5.55. The van der Waals surface area contributed by atoms with E-state index in [-0.39, 0.29) is 0 Å². The molecule has 0 atom stereocenters. The van der Waals surface area contributed by atoms with E-state index >= 15 is 0 Å². The van der Waals surface area contributed by atoms with Crippen LogP contribution in [0.5, 0.6) is 0 Å². The van der Waals surface area contributed by atoms with Gasteiger partial charge in [0.15, 0.2) is 9.84 Å². The fourth-order valence-corrected chi connectivity index (χ4v) is 4.13. The molecule has 0 saturated heterocycles. The molecule has 0 fully saturated rings. The molecule has 6 nitrogen and oxygen atoms in total. The molecular formula is C19H20N2O4S. The van der Waals surface area contributed by atoms with Crippen LogP contribution in [-0.2, 0) is 25.8 Å². The Kier molecular flexibility index (Phi) is 5.37. The standard InChI is InChI=1S/C19H20N2O4S/c22-18(20-16-9-2-1-3-10-16)13-26(24,25)14-19(23)21-12-6-8-15-7-4-5-11-17(15)21/h1-5,7,9-11H,6,8,12-14H2,(H,20,22). The highest BCUT2D eigenvalue weighted by Gasteiger charge is 2.27. The lowest BCUT2D eigenvalue weighted by Gasteiger charge is -2.29. The molecule has 0 spiro atoms. The Morgan fingerprint density at radius 3 is 2.42 bits per heavy atom. The van der Waals surface area contributed by atoms with Gasteiger partial charge in [-0.1, -0.05) is 36.4 Å². The zero-order valence-electron chi connectivity index (χ0n) is 14.2. The number of rotatable bonds is 5. The van der Waals surface area contributed by atoms with Crippen molar-refractivity contribution in [3.63, 3.8) is 0 Å². The SMILES string of the molecule is O=C(CS(=O)(=O)CC(=O)N1CCCc2ccccc21)Nc1ccccc1. The van der Waals surface area contributed by atoms with Crippen LogP contribution in [0.4, 0.5) is 11.4 Å². The fraction of sp³-hybridized carbons (Fsp3) is 0.263. The highest BCUT2D eigenvalue weighted by Crippen LogP contribution is 2.26. The zero-order valence-corrected chi connectivity index (χ0v) is 15.0. The number of fused-ring (bicyclic) bond motifs is 1. The highest BCUT2D eigenvalue weighted by atomic mass is 32.2. The predicted molar refractivity (Wildman–Crippen MR) is 101 cm³/mol. The number of nitrogens with one attached hydrogen (secondary N) is 1. The quantitative estimate of drug-likeness (QED) is 0.870. The minimum atomic E-state index is -3.86. The maximum atomic E-state index is 12.5. The van der Waals surface area contributed by atoms with Crippen LogP contribution >= 0.6 is 0 Å². The van der Waals surface area contributed by atoms with Gasteiger partial charge < -0.3 is 10.2 Å². The Balaban J connectivity index is 1.64. The maximum Gasteiger partial charge on any atom is 0.242 e. The van der Waals surface area contributed by atoms with Crippen LogP contribution in [0.1, 0.15) is 12.0 Å². The summed E-state index contributed by atoms with van der Waals surface area (Å²) in [5, 5.41) is 2.52. The van der Waals surface area contributed by atoms with Crippen LogP contribution < -0.4 is 10.2 Å². The first kappa shape index (κ1) is 18.1. The third-order valence-electron chi connectivity index (χ3n) is 4.16. The number of benzene rings is 2. The first-order valence-electron chi connectivity index (χ1n) is 8.38. The lowest BCUT2D eigenvalue weighted by atomic mass is 10.0. The minimum absolute atomic E-state index is 0.488. The monoisotopic (exact) mass is 372 g/mol. The van der Waals surface area contributed by atoms with Crippen molar-refractivity contribution in [2.24, 2.45) is 0 Å². The molecule has 0 aromatic heterocycles. The molecule has 2 aromatic rings. The van der Waals surface area contributed by atoms with E-state index < -0.39 is 33.2 Å². The molecule has 136 valence electrons. The van der Waals surface area contributed by atoms with Crippen molar-refractivity contribution in [1.29, 1.82) is 0 Å². The van der Waals surface area contributed by atoms with Gasteiger partial charge in [-0.2, -0.15) is 0 Å². The average molecular weight is 372 g/mol. The van der Waals surface area contributed by atoms with Gasteiger partial charge in [0, 0.05) is 17.9 Å². The van der Waals surface area contributed by atoms with Gasteiger partial charge in [-0.15, -0.1) is 0 Å². The van der Waals surface area contributed by atoms with Gasteiger partial charge >= 0.3 is 0 Å². The van der Waals surface area contributed by atoms with E-state index in [9.17, 15) is 18.0 Å². The number of anilines is 2. The molecule has 26 heavy (non-hydrogen) atoms. The molecule has 7 heteroatoms. The van der Waals surface area contributed by atoms with Gasteiger partial charge in [0.05, 0.1) is 0 Å². The van der Waals surface area contributed by atoms with Crippen molar-refractivity contribution >= 4 is 33.0 Å². The fourth-order valence-electron chi connectivity index (χ4n) is 3.03. The molecule has 0 radical (unpaired) electrons. The molecule has 0 unspecified atom stereocenters. The summed E-state index contributed by atoms with van der Waals surface area (Å²) in [4.78, 5) is 26.0. The Hall–Kier alpha value is -2.67. The van der Waals surface area contributed by atoms with Gasteiger partial charge in [-0.05, 0) is 36.6 Å². The molecule has 1 aliphatic rings. The van der Waals surface area contributed by atoms with Crippen LogP contribution in [0, 0.1) is 0 Å². The molecule has 2 amide bonds. The van der Waals surface area contributed by atoms with E-state index in [1.165, 1.54) is 4.90 Å². The Labute approximate surface area is 152 Å². The topological polar surface area (TPSA) is 83.5 Å². The van der Waals surface area contributed by atoms with Crippen molar-refractivity contribution in [2.45, 2.75) is 12.8 Å². The van der Waals surface area contributed by atoms with Crippen LogP contribution in [0.2, 0.25) is 0 Å². The van der Waals surface area contributed by atoms with Crippen molar-refractivity contribution < 1.29 is 18.0 Å². The van der Waals surface area contributed by atoms with Crippen molar-refractivity contribution in [3.05, 3.63) is 60.2 Å². The summed E-state index contributed by atoms with van der Waals surface area (Å²) in [6, 6.07) is 16.1. The Morgan fingerprint density at radius 2 is 1.65 bits per heavy atom. The number of hydrogen-bond acceptors (Lipinski definition) is 4. The summed E-state index contributed by atoms with van der Waals surface area (Å²) in [6.45, 7) is 0.488. The number of amides is 2. The van der Waals surface area contributed by atoms with Crippen LogP contribution in [-0.4, -0.2) is 38.3 Å². The molecular weight excluding hydrogens is 352 g/mol. The van der Waals surface area contributed by atoms with E-state index in [1.807, 2.05) is 24.3 Å². The first-order valence-corrected chi connectivity index (χ1v) is 10.2. The van der Waals surface area contributed by atoms with E-state index in [0.717, 1.165) is 24.1 Å². The summed E-state index contributed by atoms with van der Waals surface area (Å²) in [7, 11) is -3.86. The van der Waals surface area contributed by atoms with E-state index in [2.05, 4.69) is 5.32 Å². The van der Waals surface area contributed by atoms with Gasteiger partial charge in [0.1, 0.15) is 11.5 Å². The normalized spacial score (nSPS) is 13.8.